The first kappa shape index (κ1) is 17.7. The van der Waals surface area contributed by atoms with Crippen molar-refractivity contribution >= 4 is 23.2 Å². The second kappa shape index (κ2) is 6.61. The molecule has 146 valence electrons. The molecule has 0 unspecified atom stereocenters. The maximum absolute atomic E-state index is 13.7. The Morgan fingerprint density at radius 2 is 1.85 bits per heavy atom. The van der Waals surface area contributed by atoms with Crippen molar-refractivity contribution in [3.63, 3.8) is 0 Å². The first-order valence-corrected chi connectivity index (χ1v) is 11.6. The maximum atomic E-state index is 13.7. The highest BCUT2D eigenvalue weighted by molar-refractivity contribution is 7.10. The number of hydrogen-bond donors (Lipinski definition) is 1. The van der Waals surface area contributed by atoms with Crippen molar-refractivity contribution in [2.45, 2.75) is 70.4 Å². The lowest BCUT2D eigenvalue weighted by atomic mass is 9.49. The summed E-state index contributed by atoms with van der Waals surface area (Å²) < 4.78 is 0. The minimum atomic E-state index is -0.270. The Morgan fingerprint density at radius 3 is 2.44 bits per heavy atom. The minimum absolute atomic E-state index is 0.00889. The molecule has 1 aromatic heterocycles. The standard InChI is InChI=1S/C22H30N2O2S/c1-14(19-5-3-7-27-19)23-20(25)18-4-2-6-24(18)21(26)22-11-15-8-16(12-22)10-17(9-15)13-22/h3,5,7,14-18H,2,4,6,8-13H2,1H3,(H,23,25)/t14-,15?,16?,17?,18-,22?/m0/s1. The monoisotopic (exact) mass is 386 g/mol. The van der Waals surface area contributed by atoms with Gasteiger partial charge in [0.25, 0.3) is 0 Å². The largest absolute Gasteiger partial charge is 0.347 e. The van der Waals surface area contributed by atoms with Crippen LogP contribution in [0.15, 0.2) is 17.5 Å². The van der Waals surface area contributed by atoms with E-state index in [1.54, 1.807) is 11.3 Å². The van der Waals surface area contributed by atoms with E-state index in [-0.39, 0.29) is 23.4 Å². The van der Waals surface area contributed by atoms with Crippen LogP contribution in [0.3, 0.4) is 0 Å². The van der Waals surface area contributed by atoms with Crippen LogP contribution in [0.4, 0.5) is 0 Å². The molecule has 6 rings (SSSR count). The van der Waals surface area contributed by atoms with Gasteiger partial charge in [-0.25, -0.2) is 0 Å². The van der Waals surface area contributed by atoms with Gasteiger partial charge in [-0.2, -0.15) is 0 Å². The molecule has 5 fully saturated rings. The topological polar surface area (TPSA) is 49.4 Å². The van der Waals surface area contributed by atoms with Gasteiger partial charge in [0.2, 0.25) is 11.8 Å². The second-order valence-electron chi connectivity index (χ2n) is 9.60. The van der Waals surface area contributed by atoms with E-state index in [0.717, 1.165) is 56.4 Å². The number of thiophene rings is 1. The third-order valence-electron chi connectivity index (χ3n) is 7.64. The summed E-state index contributed by atoms with van der Waals surface area (Å²) in [4.78, 5) is 29.8. The summed E-state index contributed by atoms with van der Waals surface area (Å²) in [7, 11) is 0. The molecule has 1 aromatic rings. The molecular formula is C22H30N2O2S. The molecule has 4 aliphatic carbocycles. The van der Waals surface area contributed by atoms with E-state index >= 15 is 0 Å². The number of nitrogens with zero attached hydrogens (tertiary/aromatic N) is 1. The zero-order chi connectivity index (χ0) is 18.6. The lowest BCUT2D eigenvalue weighted by molar-refractivity contribution is -0.160. The average molecular weight is 387 g/mol. The summed E-state index contributed by atoms with van der Waals surface area (Å²) in [6.45, 7) is 2.79. The third kappa shape index (κ3) is 3.02. The summed E-state index contributed by atoms with van der Waals surface area (Å²) >= 11 is 1.67. The predicted octanol–water partition coefficient (Wildman–Crippen LogP) is 4.13. The van der Waals surface area contributed by atoms with Gasteiger partial charge >= 0.3 is 0 Å². The lowest BCUT2D eigenvalue weighted by Crippen LogP contribution is -2.57. The summed E-state index contributed by atoms with van der Waals surface area (Å²) in [6.07, 6.45) is 9.01. The number of carbonyl (C=O) groups excluding carboxylic acids is 2. The first-order chi connectivity index (χ1) is 13.0. The van der Waals surface area contributed by atoms with Crippen LogP contribution < -0.4 is 5.32 Å². The van der Waals surface area contributed by atoms with Crippen LogP contribution in [0.2, 0.25) is 0 Å². The molecule has 0 aromatic carbocycles. The Hall–Kier alpha value is -1.36. The SMILES string of the molecule is C[C@H](NC(=O)[C@@H]1CCCN1C(=O)C12CC3CC(CC(C3)C1)C2)c1cccs1. The van der Waals surface area contributed by atoms with E-state index in [1.807, 2.05) is 23.3 Å². The molecule has 1 aliphatic heterocycles. The van der Waals surface area contributed by atoms with Crippen LogP contribution in [0.1, 0.15) is 69.2 Å². The van der Waals surface area contributed by atoms with E-state index in [1.165, 1.54) is 24.1 Å². The van der Waals surface area contributed by atoms with Crippen molar-refractivity contribution in [3.05, 3.63) is 22.4 Å². The van der Waals surface area contributed by atoms with Crippen LogP contribution in [0, 0.1) is 23.2 Å². The summed E-state index contributed by atoms with van der Waals surface area (Å²) in [5, 5.41) is 5.20. The summed E-state index contributed by atoms with van der Waals surface area (Å²) in [5.41, 5.74) is -0.142. The number of amides is 2. The van der Waals surface area contributed by atoms with Gasteiger partial charge in [0.15, 0.2) is 0 Å². The second-order valence-corrected chi connectivity index (χ2v) is 10.6. The van der Waals surface area contributed by atoms with Crippen LogP contribution >= 0.6 is 11.3 Å². The van der Waals surface area contributed by atoms with Gasteiger partial charge < -0.3 is 10.2 Å². The Morgan fingerprint density at radius 1 is 1.19 bits per heavy atom. The smallest absolute Gasteiger partial charge is 0.243 e. The quantitative estimate of drug-likeness (QED) is 0.846. The van der Waals surface area contributed by atoms with Gasteiger partial charge in [-0.1, -0.05) is 6.07 Å². The summed E-state index contributed by atoms with van der Waals surface area (Å²) in [6, 6.07) is 3.81. The van der Waals surface area contributed by atoms with E-state index in [0.29, 0.717) is 5.91 Å². The van der Waals surface area contributed by atoms with Crippen molar-refractivity contribution < 1.29 is 9.59 Å². The first-order valence-electron chi connectivity index (χ1n) is 10.7. The third-order valence-corrected chi connectivity index (χ3v) is 8.69. The molecule has 0 radical (unpaired) electrons. The number of likely N-dealkylation sites (tertiary alicyclic amines) is 1. The Balaban J connectivity index is 1.31. The lowest BCUT2D eigenvalue weighted by Gasteiger charge is -2.56. The molecule has 5 heteroatoms. The van der Waals surface area contributed by atoms with Crippen LogP contribution in [-0.4, -0.2) is 29.3 Å². The van der Waals surface area contributed by atoms with Crippen molar-refractivity contribution in [1.29, 1.82) is 0 Å². The number of hydrogen-bond acceptors (Lipinski definition) is 3. The van der Waals surface area contributed by atoms with Gasteiger partial charge in [0, 0.05) is 11.4 Å². The summed E-state index contributed by atoms with van der Waals surface area (Å²) in [5.74, 6) is 2.62. The van der Waals surface area contributed by atoms with E-state index in [9.17, 15) is 9.59 Å². The Kier molecular flexibility index (Phi) is 4.34. The zero-order valence-corrected chi connectivity index (χ0v) is 17.0. The molecule has 4 saturated carbocycles. The Labute approximate surface area is 165 Å². The highest BCUT2D eigenvalue weighted by Gasteiger charge is 2.56. The van der Waals surface area contributed by atoms with E-state index in [4.69, 9.17) is 0 Å². The van der Waals surface area contributed by atoms with Gasteiger partial charge in [0.05, 0.1) is 11.5 Å². The fourth-order valence-corrected chi connectivity index (χ4v) is 7.61. The highest BCUT2D eigenvalue weighted by atomic mass is 32.1. The van der Waals surface area contributed by atoms with Crippen LogP contribution in [0.5, 0.6) is 0 Å². The molecule has 2 atom stereocenters. The normalized spacial score (nSPS) is 38.2. The maximum Gasteiger partial charge on any atom is 0.243 e. The molecule has 4 bridgehead atoms. The predicted molar refractivity (Wildman–Crippen MR) is 106 cm³/mol. The van der Waals surface area contributed by atoms with Gasteiger partial charge in [0.1, 0.15) is 6.04 Å². The van der Waals surface area contributed by atoms with Crippen molar-refractivity contribution in [1.82, 2.24) is 10.2 Å². The molecule has 1 saturated heterocycles. The van der Waals surface area contributed by atoms with E-state index < -0.39 is 0 Å². The molecule has 2 amide bonds. The van der Waals surface area contributed by atoms with Gasteiger partial charge in [-0.05, 0) is 87.5 Å². The molecule has 1 N–H and O–H groups in total. The van der Waals surface area contributed by atoms with Gasteiger partial charge in [-0.15, -0.1) is 11.3 Å². The van der Waals surface area contributed by atoms with Gasteiger partial charge in [-0.3, -0.25) is 9.59 Å². The molecule has 0 spiro atoms. The Bertz CT molecular complexity index is 693. The molecule has 2 heterocycles. The average Bonchev–Trinajstić information content (AvgIpc) is 3.31. The number of nitrogens with one attached hydrogen (secondary N) is 1. The minimum Gasteiger partial charge on any atom is -0.347 e. The molecule has 27 heavy (non-hydrogen) atoms. The molecular weight excluding hydrogens is 356 g/mol. The molecule has 5 aliphatic rings. The molecule has 4 nitrogen and oxygen atoms in total. The van der Waals surface area contributed by atoms with Crippen molar-refractivity contribution in [3.8, 4) is 0 Å². The van der Waals surface area contributed by atoms with Crippen molar-refractivity contribution in [2.75, 3.05) is 6.54 Å². The highest BCUT2D eigenvalue weighted by Crippen LogP contribution is 2.60. The van der Waals surface area contributed by atoms with E-state index in [2.05, 4.69) is 11.4 Å². The fourth-order valence-electron chi connectivity index (χ4n) is 6.88. The fraction of sp³-hybridized carbons (Fsp3) is 0.727. The number of carbonyl (C=O) groups is 2. The van der Waals surface area contributed by atoms with Crippen LogP contribution in [0.25, 0.3) is 0 Å². The van der Waals surface area contributed by atoms with Crippen molar-refractivity contribution in [2.24, 2.45) is 23.2 Å². The zero-order valence-electron chi connectivity index (χ0n) is 16.2. The van der Waals surface area contributed by atoms with Crippen LogP contribution in [-0.2, 0) is 9.59 Å². The number of rotatable bonds is 4.